The van der Waals surface area contributed by atoms with E-state index in [1.807, 2.05) is 60.7 Å². The largest absolute Gasteiger partial charge is 0.502 e. The normalized spacial score (nSPS) is 16.4. The van der Waals surface area contributed by atoms with Crippen LogP contribution in [0, 0.1) is 0 Å². The lowest BCUT2D eigenvalue weighted by Gasteiger charge is -2.43. The Bertz CT molecular complexity index is 1360. The monoisotopic (exact) mass is 539 g/mol. The van der Waals surface area contributed by atoms with Crippen molar-refractivity contribution in [3.8, 4) is 0 Å². The van der Waals surface area contributed by atoms with Gasteiger partial charge in [0.2, 0.25) is 5.76 Å². The van der Waals surface area contributed by atoms with Crippen LogP contribution in [-0.4, -0.2) is 53.1 Å². The number of sulfone groups is 1. The molecule has 37 heavy (non-hydrogen) atoms. The zero-order valence-electron chi connectivity index (χ0n) is 19.8. The Morgan fingerprint density at radius 1 is 0.838 bits per heavy atom. The molecule has 4 rings (SSSR count). The summed E-state index contributed by atoms with van der Waals surface area (Å²) in [5.74, 6) is -3.87. The zero-order chi connectivity index (χ0) is 26.6. The fraction of sp³-hybridized carbons (Fsp3) is 0.214. The zero-order valence-corrected chi connectivity index (χ0v) is 21.4. The fourth-order valence-corrected chi connectivity index (χ4v) is 6.95. The standard InChI is InChI=1S/C28H26ClNO6S/c29-22-11-13-23(14-12-22)37(35,36)28(25(32)19-24(31)27(33)34)15-17-30(18-16-28)26(20-7-3-1-4-8-20)21-9-5-2-6-10-21/h1-14,19,26,31H,15-18H2,(H,33,34)/b24-19-. The summed E-state index contributed by atoms with van der Waals surface area (Å²) >= 11 is 5.94. The number of allylic oxidation sites excluding steroid dienone is 1. The third-order valence-corrected chi connectivity index (χ3v) is 9.56. The molecule has 9 heteroatoms. The molecule has 7 nitrogen and oxygen atoms in total. The van der Waals surface area contributed by atoms with Gasteiger partial charge >= 0.3 is 5.97 Å². The molecule has 0 radical (unpaired) electrons. The lowest BCUT2D eigenvalue weighted by molar-refractivity contribution is -0.136. The second-order valence-corrected chi connectivity index (χ2v) is 11.6. The van der Waals surface area contributed by atoms with Gasteiger partial charge in [-0.1, -0.05) is 72.3 Å². The highest BCUT2D eigenvalue weighted by Gasteiger charge is 2.52. The second kappa shape index (κ2) is 10.9. The summed E-state index contributed by atoms with van der Waals surface area (Å²) in [4.78, 5) is 26.6. The summed E-state index contributed by atoms with van der Waals surface area (Å²) in [7, 11) is -4.27. The summed E-state index contributed by atoms with van der Waals surface area (Å²) in [6, 6.07) is 24.9. The van der Waals surface area contributed by atoms with Crippen LogP contribution >= 0.6 is 11.6 Å². The van der Waals surface area contributed by atoms with Gasteiger partial charge in [-0.2, -0.15) is 0 Å². The highest BCUT2D eigenvalue weighted by Crippen LogP contribution is 2.41. The van der Waals surface area contributed by atoms with Crippen LogP contribution in [0.5, 0.6) is 0 Å². The van der Waals surface area contributed by atoms with Crippen LogP contribution in [0.3, 0.4) is 0 Å². The predicted molar refractivity (Wildman–Crippen MR) is 140 cm³/mol. The van der Waals surface area contributed by atoms with Crippen molar-refractivity contribution in [3.63, 3.8) is 0 Å². The number of likely N-dealkylation sites (tertiary alicyclic amines) is 1. The van der Waals surface area contributed by atoms with Crippen LogP contribution in [0.1, 0.15) is 30.0 Å². The van der Waals surface area contributed by atoms with E-state index >= 15 is 0 Å². The number of hydrogen-bond acceptors (Lipinski definition) is 6. The highest BCUT2D eigenvalue weighted by molar-refractivity contribution is 7.93. The second-order valence-electron chi connectivity index (χ2n) is 8.91. The summed E-state index contributed by atoms with van der Waals surface area (Å²) in [6.07, 6.45) is 0.337. The first-order valence-corrected chi connectivity index (χ1v) is 13.5. The van der Waals surface area contributed by atoms with E-state index in [-0.39, 0.29) is 36.9 Å². The topological polar surface area (TPSA) is 112 Å². The predicted octanol–water partition coefficient (Wildman–Crippen LogP) is 4.83. The number of carbonyl (C=O) groups excluding carboxylic acids is 1. The van der Waals surface area contributed by atoms with E-state index < -0.39 is 32.1 Å². The number of carboxylic acids is 1. The van der Waals surface area contributed by atoms with E-state index in [1.165, 1.54) is 24.3 Å². The Morgan fingerprint density at radius 3 is 1.78 bits per heavy atom. The number of carboxylic acid groups (broad SMARTS) is 1. The Hall–Kier alpha value is -3.46. The Kier molecular flexibility index (Phi) is 7.82. The van der Waals surface area contributed by atoms with E-state index in [9.17, 15) is 23.1 Å². The SMILES string of the molecule is O=C(O)/C(O)=C/C(=O)C1(S(=O)(=O)c2ccc(Cl)cc2)CCN(C(c2ccccc2)c2ccccc2)CC1. The number of aliphatic hydroxyl groups excluding tert-OH is 1. The van der Waals surface area contributed by atoms with Crippen molar-refractivity contribution in [2.24, 2.45) is 0 Å². The van der Waals surface area contributed by atoms with Crippen LogP contribution in [0.15, 0.2) is 102 Å². The molecule has 1 fully saturated rings. The van der Waals surface area contributed by atoms with Gasteiger partial charge in [-0.25, -0.2) is 13.2 Å². The first-order chi connectivity index (χ1) is 17.7. The maximum Gasteiger partial charge on any atom is 0.371 e. The molecule has 0 unspecified atom stereocenters. The molecule has 1 heterocycles. The number of nitrogens with zero attached hydrogens (tertiary/aromatic N) is 1. The van der Waals surface area contributed by atoms with E-state index in [0.717, 1.165) is 11.1 Å². The lowest BCUT2D eigenvalue weighted by atomic mass is 9.88. The maximum absolute atomic E-state index is 13.9. The maximum atomic E-state index is 13.9. The Balaban J connectivity index is 1.74. The molecule has 1 aliphatic heterocycles. The first-order valence-electron chi connectivity index (χ1n) is 11.7. The quantitative estimate of drug-likeness (QED) is 0.311. The molecule has 192 valence electrons. The van der Waals surface area contributed by atoms with E-state index in [1.54, 1.807) is 0 Å². The average Bonchev–Trinajstić information content (AvgIpc) is 2.90. The number of rotatable bonds is 8. The number of ketones is 1. The van der Waals surface area contributed by atoms with Crippen molar-refractivity contribution in [2.45, 2.75) is 28.5 Å². The number of carbonyl (C=O) groups is 2. The van der Waals surface area contributed by atoms with Crippen molar-refractivity contribution in [1.29, 1.82) is 0 Å². The average molecular weight is 540 g/mol. The molecule has 3 aromatic rings. The third-order valence-electron chi connectivity index (χ3n) is 6.78. The first kappa shape index (κ1) is 26.6. The van der Waals surface area contributed by atoms with Gasteiger partial charge in [0.05, 0.1) is 10.9 Å². The van der Waals surface area contributed by atoms with Gasteiger partial charge in [-0.15, -0.1) is 0 Å². The summed E-state index contributed by atoms with van der Waals surface area (Å²) in [5, 5.41) is 19.2. The number of hydrogen-bond donors (Lipinski definition) is 2. The third kappa shape index (κ3) is 5.32. The van der Waals surface area contributed by atoms with Crippen LogP contribution in [0.4, 0.5) is 0 Å². The van der Waals surface area contributed by atoms with Crippen LogP contribution in [0.2, 0.25) is 5.02 Å². The highest BCUT2D eigenvalue weighted by atomic mass is 35.5. The van der Waals surface area contributed by atoms with Crippen LogP contribution < -0.4 is 0 Å². The molecule has 0 spiro atoms. The molecule has 0 aliphatic carbocycles. The van der Waals surface area contributed by atoms with Crippen LogP contribution in [0.25, 0.3) is 0 Å². The summed E-state index contributed by atoms with van der Waals surface area (Å²) in [5.41, 5.74) is 2.05. The van der Waals surface area contributed by atoms with Crippen LogP contribution in [-0.2, 0) is 19.4 Å². The van der Waals surface area contributed by atoms with Gasteiger partial charge < -0.3 is 10.2 Å². The number of benzene rings is 3. The summed E-state index contributed by atoms with van der Waals surface area (Å²) < 4.78 is 25.8. The minimum atomic E-state index is -4.27. The molecule has 0 saturated carbocycles. The molecule has 3 aromatic carbocycles. The van der Waals surface area contributed by atoms with Gasteiger partial charge in [0.15, 0.2) is 15.6 Å². The van der Waals surface area contributed by atoms with Crippen molar-refractivity contribution < 1.29 is 28.2 Å². The molecule has 0 atom stereocenters. The number of piperidine rings is 1. The van der Waals surface area contributed by atoms with Crippen molar-refractivity contribution in [2.75, 3.05) is 13.1 Å². The Morgan fingerprint density at radius 2 is 1.32 bits per heavy atom. The van der Waals surface area contributed by atoms with Gasteiger partial charge in [0.25, 0.3) is 0 Å². The molecular formula is C28H26ClNO6S. The van der Waals surface area contributed by atoms with Gasteiger partial charge in [0, 0.05) is 24.2 Å². The van der Waals surface area contributed by atoms with E-state index in [2.05, 4.69) is 4.90 Å². The molecule has 0 aromatic heterocycles. The molecule has 1 aliphatic rings. The van der Waals surface area contributed by atoms with Gasteiger partial charge in [0.1, 0.15) is 4.75 Å². The number of aliphatic carboxylic acids is 1. The van der Waals surface area contributed by atoms with Gasteiger partial charge in [-0.3, -0.25) is 9.69 Å². The molecule has 1 saturated heterocycles. The van der Waals surface area contributed by atoms with Crippen molar-refractivity contribution >= 4 is 33.2 Å². The number of halogens is 1. The molecule has 0 bridgehead atoms. The minimum absolute atomic E-state index is 0.0869. The molecule has 0 amide bonds. The fourth-order valence-electron chi connectivity index (χ4n) is 4.83. The minimum Gasteiger partial charge on any atom is -0.502 e. The van der Waals surface area contributed by atoms with Crippen molar-refractivity contribution in [1.82, 2.24) is 4.90 Å². The van der Waals surface area contributed by atoms with E-state index in [4.69, 9.17) is 16.7 Å². The lowest BCUT2D eigenvalue weighted by Crippen LogP contribution is -2.54. The van der Waals surface area contributed by atoms with Crippen molar-refractivity contribution in [3.05, 3.63) is 113 Å². The Labute approximate surface area is 220 Å². The smallest absolute Gasteiger partial charge is 0.371 e. The summed E-state index contributed by atoms with van der Waals surface area (Å²) in [6.45, 7) is 0.489. The number of aliphatic hydroxyl groups is 1. The molecule has 2 N–H and O–H groups in total. The van der Waals surface area contributed by atoms with E-state index in [0.29, 0.717) is 11.1 Å². The van der Waals surface area contributed by atoms with Gasteiger partial charge in [-0.05, 0) is 48.2 Å². The molecular weight excluding hydrogens is 514 g/mol.